The van der Waals surface area contributed by atoms with Gasteiger partial charge >= 0.3 is 0 Å². The Morgan fingerprint density at radius 3 is 2.84 bits per heavy atom. The molecule has 19 heavy (non-hydrogen) atoms. The predicted molar refractivity (Wildman–Crippen MR) is 70.7 cm³/mol. The normalized spacial score (nSPS) is 12.3. The number of primary amides is 1. The van der Waals surface area contributed by atoms with E-state index in [4.69, 9.17) is 10.3 Å². The fourth-order valence-electron chi connectivity index (χ4n) is 1.61. The van der Waals surface area contributed by atoms with Gasteiger partial charge in [0, 0.05) is 17.9 Å². The summed E-state index contributed by atoms with van der Waals surface area (Å²) in [5.74, 6) is 0.650. The lowest BCUT2D eigenvalue weighted by atomic mass is 10.0. The number of nitrogens with two attached hydrogens (primary N) is 1. The maximum absolute atomic E-state index is 10.9. The summed E-state index contributed by atoms with van der Waals surface area (Å²) >= 11 is 0. The van der Waals surface area contributed by atoms with Gasteiger partial charge in [0.25, 0.3) is 5.89 Å². The number of benzene rings is 1. The number of aromatic nitrogens is 2. The van der Waals surface area contributed by atoms with Gasteiger partial charge in [0.15, 0.2) is 5.82 Å². The minimum atomic E-state index is -0.297. The molecule has 1 aromatic heterocycles. The van der Waals surface area contributed by atoms with E-state index in [9.17, 15) is 4.79 Å². The van der Waals surface area contributed by atoms with E-state index in [1.54, 1.807) is 6.92 Å². The summed E-state index contributed by atoms with van der Waals surface area (Å²) < 4.78 is 5.18. The molecule has 2 rings (SSSR count). The Balaban J connectivity index is 1.90. The van der Waals surface area contributed by atoms with Crippen molar-refractivity contribution in [3.63, 3.8) is 0 Å². The molecule has 1 atom stereocenters. The van der Waals surface area contributed by atoms with Gasteiger partial charge in [-0.15, -0.1) is 0 Å². The van der Waals surface area contributed by atoms with E-state index in [1.807, 2.05) is 36.8 Å². The molecule has 0 bridgehead atoms. The first-order chi connectivity index (χ1) is 9.16. The molecule has 0 aliphatic carbocycles. The smallest absolute Gasteiger partial charge is 0.257 e. The maximum atomic E-state index is 10.9. The molecule has 1 aromatic carbocycles. The predicted octanol–water partition coefficient (Wildman–Crippen LogP) is 1.99. The van der Waals surface area contributed by atoms with Crippen molar-refractivity contribution in [2.75, 3.05) is 0 Å². The highest BCUT2D eigenvalue weighted by Gasteiger charge is 2.11. The number of rotatable bonds is 6. The van der Waals surface area contributed by atoms with Gasteiger partial charge in [-0.25, -0.2) is 0 Å². The van der Waals surface area contributed by atoms with Crippen molar-refractivity contribution in [3.8, 4) is 11.5 Å². The van der Waals surface area contributed by atoms with Gasteiger partial charge in [-0.05, 0) is 25.0 Å². The molecular weight excluding hydrogens is 242 g/mol. The first kappa shape index (κ1) is 13.3. The van der Waals surface area contributed by atoms with Crippen LogP contribution < -0.4 is 5.73 Å². The van der Waals surface area contributed by atoms with E-state index in [0.29, 0.717) is 24.6 Å². The SMILES string of the molecule is C[C@@H](C[CH]Cc1noc(-c2ccccc2)n1)C(N)=O. The lowest BCUT2D eigenvalue weighted by Gasteiger charge is -2.03. The molecule has 0 aliphatic rings. The standard InChI is InChI=1S/C14H16N3O2/c1-10(13(15)18)6-5-9-12-16-14(19-17-12)11-7-3-2-4-8-11/h2-5,7-8,10H,6,9H2,1H3,(H2,15,18)/t10-/m0/s1. The summed E-state index contributed by atoms with van der Waals surface area (Å²) in [5, 5.41) is 3.90. The number of nitrogens with zero attached hydrogens (tertiary/aromatic N) is 2. The average Bonchev–Trinajstić information content (AvgIpc) is 2.88. The average molecular weight is 258 g/mol. The second-order valence-electron chi connectivity index (χ2n) is 4.41. The van der Waals surface area contributed by atoms with Crippen LogP contribution in [0.25, 0.3) is 11.5 Å². The third-order valence-electron chi connectivity index (χ3n) is 2.82. The van der Waals surface area contributed by atoms with Crippen molar-refractivity contribution in [2.24, 2.45) is 11.7 Å². The monoisotopic (exact) mass is 258 g/mol. The summed E-state index contributed by atoms with van der Waals surface area (Å²) in [7, 11) is 0. The largest absolute Gasteiger partial charge is 0.369 e. The third kappa shape index (κ3) is 3.64. The molecule has 99 valence electrons. The van der Waals surface area contributed by atoms with Crippen LogP contribution in [0.4, 0.5) is 0 Å². The summed E-state index contributed by atoms with van der Waals surface area (Å²) in [4.78, 5) is 15.2. The number of hydrogen-bond donors (Lipinski definition) is 1. The molecule has 0 saturated carbocycles. The summed E-state index contributed by atoms with van der Waals surface area (Å²) in [6.45, 7) is 1.80. The van der Waals surface area contributed by atoms with Crippen LogP contribution in [-0.2, 0) is 11.2 Å². The van der Waals surface area contributed by atoms with E-state index in [2.05, 4.69) is 10.1 Å². The molecule has 0 spiro atoms. The van der Waals surface area contributed by atoms with Crippen LogP contribution in [0.3, 0.4) is 0 Å². The molecule has 0 unspecified atom stereocenters. The molecule has 5 nitrogen and oxygen atoms in total. The summed E-state index contributed by atoms with van der Waals surface area (Å²) in [5.41, 5.74) is 6.08. The zero-order valence-corrected chi connectivity index (χ0v) is 10.7. The highest BCUT2D eigenvalue weighted by atomic mass is 16.5. The van der Waals surface area contributed by atoms with Crippen molar-refractivity contribution in [3.05, 3.63) is 42.6 Å². The van der Waals surface area contributed by atoms with Crippen LogP contribution in [-0.4, -0.2) is 16.0 Å². The molecule has 0 saturated heterocycles. The van der Waals surface area contributed by atoms with E-state index in [-0.39, 0.29) is 11.8 Å². The van der Waals surface area contributed by atoms with Gasteiger partial charge in [0.1, 0.15) is 0 Å². The Morgan fingerprint density at radius 2 is 2.16 bits per heavy atom. The van der Waals surface area contributed by atoms with E-state index >= 15 is 0 Å². The first-order valence-electron chi connectivity index (χ1n) is 6.16. The van der Waals surface area contributed by atoms with Crippen LogP contribution in [0.2, 0.25) is 0 Å². The second-order valence-corrected chi connectivity index (χ2v) is 4.41. The number of hydrogen-bond acceptors (Lipinski definition) is 4. The van der Waals surface area contributed by atoms with Crippen molar-refractivity contribution in [1.29, 1.82) is 0 Å². The first-order valence-corrected chi connectivity index (χ1v) is 6.16. The number of amides is 1. The Bertz CT molecular complexity index is 537. The highest BCUT2D eigenvalue weighted by Crippen LogP contribution is 2.17. The molecule has 0 fully saturated rings. The van der Waals surface area contributed by atoms with Crippen molar-refractivity contribution in [2.45, 2.75) is 19.8 Å². The van der Waals surface area contributed by atoms with Gasteiger partial charge in [0.2, 0.25) is 5.91 Å². The minimum Gasteiger partial charge on any atom is -0.369 e. The van der Waals surface area contributed by atoms with Gasteiger partial charge in [-0.2, -0.15) is 4.98 Å². The molecule has 1 heterocycles. The molecule has 2 aromatic rings. The lowest BCUT2D eigenvalue weighted by Crippen LogP contribution is -2.20. The fourth-order valence-corrected chi connectivity index (χ4v) is 1.61. The number of carbonyl (C=O) groups is 1. The van der Waals surface area contributed by atoms with Gasteiger partial charge in [0.05, 0.1) is 0 Å². The lowest BCUT2D eigenvalue weighted by molar-refractivity contribution is -0.121. The van der Waals surface area contributed by atoms with Gasteiger partial charge < -0.3 is 10.3 Å². The van der Waals surface area contributed by atoms with Gasteiger partial charge in [-0.1, -0.05) is 30.3 Å². The van der Waals surface area contributed by atoms with Crippen LogP contribution in [0.5, 0.6) is 0 Å². The quantitative estimate of drug-likeness (QED) is 0.859. The second kappa shape index (κ2) is 6.13. The highest BCUT2D eigenvalue weighted by molar-refractivity contribution is 5.76. The summed E-state index contributed by atoms with van der Waals surface area (Å²) in [6, 6.07) is 9.59. The summed E-state index contributed by atoms with van der Waals surface area (Å²) in [6.07, 6.45) is 3.12. The third-order valence-corrected chi connectivity index (χ3v) is 2.82. The molecule has 1 amide bonds. The van der Waals surface area contributed by atoms with Crippen LogP contribution >= 0.6 is 0 Å². The molecule has 1 radical (unpaired) electrons. The minimum absolute atomic E-state index is 0.166. The van der Waals surface area contributed by atoms with Crippen LogP contribution in [0.1, 0.15) is 19.2 Å². The fraction of sp³-hybridized carbons (Fsp3) is 0.286. The van der Waals surface area contributed by atoms with E-state index in [1.165, 1.54) is 0 Å². The van der Waals surface area contributed by atoms with Crippen LogP contribution in [0.15, 0.2) is 34.9 Å². The van der Waals surface area contributed by atoms with Crippen molar-refractivity contribution >= 4 is 5.91 Å². The Morgan fingerprint density at radius 1 is 1.42 bits per heavy atom. The van der Waals surface area contributed by atoms with Crippen molar-refractivity contribution in [1.82, 2.24) is 10.1 Å². The van der Waals surface area contributed by atoms with Crippen molar-refractivity contribution < 1.29 is 9.32 Å². The molecular formula is C14H16N3O2. The molecule has 0 aliphatic heterocycles. The Labute approximate surface area is 111 Å². The van der Waals surface area contributed by atoms with E-state index in [0.717, 1.165) is 5.56 Å². The Hall–Kier alpha value is -2.17. The zero-order chi connectivity index (χ0) is 13.7. The molecule has 2 N–H and O–H groups in total. The van der Waals surface area contributed by atoms with E-state index < -0.39 is 0 Å². The zero-order valence-electron chi connectivity index (χ0n) is 10.7. The molecule has 5 heteroatoms. The van der Waals surface area contributed by atoms with Gasteiger partial charge in [-0.3, -0.25) is 4.79 Å². The topological polar surface area (TPSA) is 82.0 Å². The Kier molecular flexibility index (Phi) is 4.28. The maximum Gasteiger partial charge on any atom is 0.257 e. The number of carbonyl (C=O) groups excluding carboxylic acids is 1. The van der Waals surface area contributed by atoms with Crippen LogP contribution in [0, 0.1) is 12.3 Å².